The summed E-state index contributed by atoms with van der Waals surface area (Å²) in [6, 6.07) is 18.7. The predicted molar refractivity (Wildman–Crippen MR) is 103 cm³/mol. The summed E-state index contributed by atoms with van der Waals surface area (Å²) in [6.45, 7) is 3.81. The van der Waals surface area contributed by atoms with E-state index in [2.05, 4.69) is 17.2 Å². The van der Waals surface area contributed by atoms with Gasteiger partial charge in [0.2, 0.25) is 5.91 Å². The van der Waals surface area contributed by atoms with Crippen LogP contribution < -0.4 is 5.32 Å². The van der Waals surface area contributed by atoms with Gasteiger partial charge in [-0.15, -0.1) is 0 Å². The molecule has 0 fully saturated rings. The van der Waals surface area contributed by atoms with Crippen molar-refractivity contribution in [2.24, 2.45) is 0 Å². The second kappa shape index (κ2) is 7.77. The number of carbonyl (C=O) groups is 1. The van der Waals surface area contributed by atoms with Crippen LogP contribution in [-0.4, -0.2) is 10.9 Å². The van der Waals surface area contributed by atoms with Gasteiger partial charge in [-0.25, -0.2) is 0 Å². The van der Waals surface area contributed by atoms with Gasteiger partial charge in [0.05, 0.1) is 5.69 Å². The van der Waals surface area contributed by atoms with E-state index in [4.69, 9.17) is 11.6 Å². The van der Waals surface area contributed by atoms with Crippen LogP contribution >= 0.6 is 11.6 Å². The van der Waals surface area contributed by atoms with Crippen LogP contribution in [0.3, 0.4) is 0 Å². The zero-order chi connectivity index (χ0) is 17.6. The standard InChI is InChI=1S/C21H16ClN2O/c1-15-2-9-20(10-3-15)24-21(25)13-12-19-11-6-17(14-23-19)16-4-7-18(22)8-5-16/h2-14H,1H2,(H,24,25)/b13-12+. The van der Waals surface area contributed by atoms with E-state index >= 15 is 0 Å². The first-order valence-corrected chi connectivity index (χ1v) is 8.11. The van der Waals surface area contributed by atoms with E-state index in [0.717, 1.165) is 22.4 Å². The van der Waals surface area contributed by atoms with Crippen molar-refractivity contribution in [3.05, 3.63) is 96.1 Å². The first kappa shape index (κ1) is 16.9. The van der Waals surface area contributed by atoms with Gasteiger partial charge in [-0.2, -0.15) is 0 Å². The molecule has 4 heteroatoms. The molecule has 1 N–H and O–H groups in total. The van der Waals surface area contributed by atoms with Crippen molar-refractivity contribution in [1.82, 2.24) is 4.98 Å². The number of halogens is 1. The number of carbonyl (C=O) groups excluding carboxylic acids is 1. The van der Waals surface area contributed by atoms with Gasteiger partial charge in [0.1, 0.15) is 0 Å². The normalized spacial score (nSPS) is 10.8. The Balaban J connectivity index is 1.64. The van der Waals surface area contributed by atoms with Crippen LogP contribution in [0.2, 0.25) is 5.02 Å². The fourth-order valence-electron chi connectivity index (χ4n) is 2.25. The van der Waals surface area contributed by atoms with Crippen LogP contribution in [0.5, 0.6) is 0 Å². The fraction of sp³-hybridized carbons (Fsp3) is 0. The zero-order valence-electron chi connectivity index (χ0n) is 13.4. The van der Waals surface area contributed by atoms with Crippen LogP contribution in [0.15, 0.2) is 72.9 Å². The predicted octanol–water partition coefficient (Wildman–Crippen LogP) is 5.24. The number of rotatable bonds is 4. The van der Waals surface area contributed by atoms with Crippen LogP contribution in [0.1, 0.15) is 11.3 Å². The minimum absolute atomic E-state index is 0.208. The van der Waals surface area contributed by atoms with Crippen molar-refractivity contribution in [3.63, 3.8) is 0 Å². The van der Waals surface area contributed by atoms with Crippen LogP contribution in [-0.2, 0) is 4.79 Å². The van der Waals surface area contributed by atoms with E-state index in [0.29, 0.717) is 10.7 Å². The molecule has 3 rings (SSSR count). The third-order valence-electron chi connectivity index (χ3n) is 3.59. The van der Waals surface area contributed by atoms with Gasteiger partial charge in [0, 0.05) is 28.5 Å². The molecule has 0 aliphatic carbocycles. The molecule has 0 spiro atoms. The first-order valence-electron chi connectivity index (χ1n) is 7.73. The lowest BCUT2D eigenvalue weighted by Gasteiger charge is -2.03. The maximum Gasteiger partial charge on any atom is 0.248 e. The Morgan fingerprint density at radius 2 is 1.64 bits per heavy atom. The SMILES string of the molecule is [CH2]c1ccc(NC(=O)/C=C/c2ccc(-c3ccc(Cl)cc3)cn2)cc1. The summed E-state index contributed by atoms with van der Waals surface area (Å²) in [6.07, 6.45) is 4.91. The highest BCUT2D eigenvalue weighted by Crippen LogP contribution is 2.21. The van der Waals surface area contributed by atoms with Gasteiger partial charge < -0.3 is 5.32 Å². The molecular weight excluding hydrogens is 332 g/mol. The number of hydrogen-bond donors (Lipinski definition) is 1. The van der Waals surface area contributed by atoms with Gasteiger partial charge >= 0.3 is 0 Å². The van der Waals surface area contributed by atoms with Crippen molar-refractivity contribution in [3.8, 4) is 11.1 Å². The highest BCUT2D eigenvalue weighted by molar-refractivity contribution is 6.30. The quantitative estimate of drug-likeness (QED) is 0.656. The molecule has 0 atom stereocenters. The Bertz CT molecular complexity index is 883. The minimum atomic E-state index is -0.208. The number of hydrogen-bond acceptors (Lipinski definition) is 2. The molecule has 123 valence electrons. The third kappa shape index (κ3) is 4.78. The highest BCUT2D eigenvalue weighted by atomic mass is 35.5. The first-order chi connectivity index (χ1) is 12.1. The van der Waals surface area contributed by atoms with Crippen LogP contribution in [0.25, 0.3) is 17.2 Å². The molecule has 0 aliphatic heterocycles. The van der Waals surface area contributed by atoms with Crippen molar-refractivity contribution < 1.29 is 4.79 Å². The molecule has 1 radical (unpaired) electrons. The number of benzene rings is 2. The number of amides is 1. The number of pyridine rings is 1. The second-order valence-corrected chi connectivity index (χ2v) is 5.93. The van der Waals surface area contributed by atoms with Gasteiger partial charge in [-0.3, -0.25) is 9.78 Å². The van der Waals surface area contributed by atoms with Gasteiger partial charge in [0.15, 0.2) is 0 Å². The summed E-state index contributed by atoms with van der Waals surface area (Å²) in [5.74, 6) is -0.208. The molecule has 2 aromatic carbocycles. The Morgan fingerprint density at radius 1 is 0.960 bits per heavy atom. The minimum Gasteiger partial charge on any atom is -0.323 e. The fourth-order valence-corrected chi connectivity index (χ4v) is 2.38. The highest BCUT2D eigenvalue weighted by Gasteiger charge is 2.00. The van der Waals surface area contributed by atoms with E-state index in [1.54, 1.807) is 12.3 Å². The summed E-state index contributed by atoms with van der Waals surface area (Å²) >= 11 is 5.90. The summed E-state index contributed by atoms with van der Waals surface area (Å²) in [7, 11) is 0. The maximum atomic E-state index is 11.9. The summed E-state index contributed by atoms with van der Waals surface area (Å²) in [5, 5.41) is 3.49. The molecule has 3 nitrogen and oxygen atoms in total. The molecule has 1 aromatic heterocycles. The smallest absolute Gasteiger partial charge is 0.248 e. The number of nitrogens with one attached hydrogen (secondary N) is 1. The second-order valence-electron chi connectivity index (χ2n) is 5.50. The van der Waals surface area contributed by atoms with E-state index < -0.39 is 0 Å². The molecule has 0 unspecified atom stereocenters. The lowest BCUT2D eigenvalue weighted by molar-refractivity contribution is -0.111. The Labute approximate surface area is 152 Å². The number of anilines is 1. The molecular formula is C21H16ClN2O. The third-order valence-corrected chi connectivity index (χ3v) is 3.84. The molecule has 1 heterocycles. The lowest BCUT2D eigenvalue weighted by atomic mass is 10.1. The topological polar surface area (TPSA) is 42.0 Å². The lowest BCUT2D eigenvalue weighted by Crippen LogP contribution is -2.07. The van der Waals surface area contributed by atoms with E-state index in [1.165, 1.54) is 6.08 Å². The molecule has 25 heavy (non-hydrogen) atoms. The van der Waals surface area contributed by atoms with Gasteiger partial charge in [0.25, 0.3) is 0 Å². The Morgan fingerprint density at radius 3 is 2.28 bits per heavy atom. The maximum absolute atomic E-state index is 11.9. The van der Waals surface area contributed by atoms with E-state index in [-0.39, 0.29) is 5.91 Å². The van der Waals surface area contributed by atoms with Crippen molar-refractivity contribution in [2.45, 2.75) is 0 Å². The van der Waals surface area contributed by atoms with Crippen molar-refractivity contribution >= 4 is 29.3 Å². The summed E-state index contributed by atoms with van der Waals surface area (Å²) in [5.41, 5.74) is 4.37. The van der Waals surface area contributed by atoms with E-state index in [1.807, 2.05) is 60.7 Å². The summed E-state index contributed by atoms with van der Waals surface area (Å²) in [4.78, 5) is 16.3. The molecule has 0 bridgehead atoms. The largest absolute Gasteiger partial charge is 0.323 e. The molecule has 0 aliphatic rings. The van der Waals surface area contributed by atoms with Crippen LogP contribution in [0, 0.1) is 6.92 Å². The van der Waals surface area contributed by atoms with Crippen molar-refractivity contribution in [2.75, 3.05) is 5.32 Å². The van der Waals surface area contributed by atoms with E-state index in [9.17, 15) is 4.79 Å². The molecule has 1 amide bonds. The molecule has 3 aromatic rings. The monoisotopic (exact) mass is 347 g/mol. The van der Waals surface area contributed by atoms with Crippen molar-refractivity contribution in [1.29, 1.82) is 0 Å². The number of nitrogens with zero attached hydrogens (tertiary/aromatic N) is 1. The average molecular weight is 348 g/mol. The molecule has 0 saturated carbocycles. The van der Waals surface area contributed by atoms with Gasteiger partial charge in [-0.1, -0.05) is 41.9 Å². The Kier molecular flexibility index (Phi) is 5.26. The molecule has 0 saturated heterocycles. The number of aromatic nitrogens is 1. The van der Waals surface area contributed by atoms with Crippen LogP contribution in [0.4, 0.5) is 5.69 Å². The average Bonchev–Trinajstić information content (AvgIpc) is 2.63. The van der Waals surface area contributed by atoms with Gasteiger partial charge in [-0.05, 0) is 54.5 Å². The Hall–Kier alpha value is -2.91. The zero-order valence-corrected chi connectivity index (χ0v) is 14.2. The summed E-state index contributed by atoms with van der Waals surface area (Å²) < 4.78 is 0.